The first-order valence-corrected chi connectivity index (χ1v) is 8.13. The first kappa shape index (κ1) is 14.5. The van der Waals surface area contributed by atoms with E-state index >= 15 is 0 Å². The summed E-state index contributed by atoms with van der Waals surface area (Å²) in [6.45, 7) is 1.61. The Morgan fingerprint density at radius 2 is 2.05 bits per heavy atom. The normalized spacial score (nSPS) is 14.6. The van der Waals surface area contributed by atoms with E-state index in [1.165, 1.54) is 18.4 Å². The zero-order chi connectivity index (χ0) is 14.8. The summed E-state index contributed by atoms with van der Waals surface area (Å²) < 4.78 is 0. The van der Waals surface area contributed by atoms with E-state index in [1.54, 1.807) is 23.5 Å². The molecule has 1 aromatic carbocycles. The number of hydrogen-bond donors (Lipinski definition) is 0. The Kier molecular flexibility index (Phi) is 4.24. The van der Waals surface area contributed by atoms with E-state index in [1.807, 2.05) is 6.07 Å². The van der Waals surface area contributed by atoms with Gasteiger partial charge < -0.3 is 0 Å². The number of benzene rings is 1. The number of nitro benzene ring substituents is 1. The van der Waals surface area contributed by atoms with Crippen molar-refractivity contribution in [3.8, 4) is 0 Å². The van der Waals surface area contributed by atoms with Crippen LogP contribution in [-0.4, -0.2) is 15.9 Å². The SMILES string of the molecule is O=[N+]([O-])c1cc(CN(Cc2ccsc2)C2CC2)ccc1Cl. The van der Waals surface area contributed by atoms with E-state index < -0.39 is 4.92 Å². The zero-order valence-electron chi connectivity index (χ0n) is 11.4. The molecule has 4 nitrogen and oxygen atoms in total. The van der Waals surface area contributed by atoms with Gasteiger partial charge in [-0.2, -0.15) is 11.3 Å². The van der Waals surface area contributed by atoms with Crippen LogP contribution in [0.4, 0.5) is 5.69 Å². The van der Waals surface area contributed by atoms with Crippen LogP contribution in [0, 0.1) is 10.1 Å². The van der Waals surface area contributed by atoms with Crippen LogP contribution < -0.4 is 0 Å². The summed E-state index contributed by atoms with van der Waals surface area (Å²) >= 11 is 7.56. The van der Waals surface area contributed by atoms with Crippen molar-refractivity contribution in [1.29, 1.82) is 0 Å². The van der Waals surface area contributed by atoms with E-state index in [4.69, 9.17) is 11.6 Å². The summed E-state index contributed by atoms with van der Waals surface area (Å²) in [5.41, 5.74) is 2.23. The summed E-state index contributed by atoms with van der Waals surface area (Å²) in [5.74, 6) is 0. The number of nitro groups is 1. The lowest BCUT2D eigenvalue weighted by Gasteiger charge is -2.21. The average Bonchev–Trinajstić information content (AvgIpc) is 3.18. The van der Waals surface area contributed by atoms with Crippen molar-refractivity contribution < 1.29 is 4.92 Å². The minimum absolute atomic E-state index is 0.0135. The van der Waals surface area contributed by atoms with Gasteiger partial charge in [0, 0.05) is 25.2 Å². The highest BCUT2D eigenvalue weighted by atomic mass is 35.5. The predicted octanol–water partition coefficient (Wildman–Crippen LogP) is 4.47. The van der Waals surface area contributed by atoms with Crippen molar-refractivity contribution in [2.45, 2.75) is 32.0 Å². The van der Waals surface area contributed by atoms with Gasteiger partial charge in [0.05, 0.1) is 4.92 Å². The van der Waals surface area contributed by atoms with Crippen LogP contribution in [0.3, 0.4) is 0 Å². The number of nitrogens with zero attached hydrogens (tertiary/aromatic N) is 2. The Labute approximate surface area is 132 Å². The van der Waals surface area contributed by atoms with E-state index in [2.05, 4.69) is 21.7 Å². The molecule has 1 aliphatic rings. The van der Waals surface area contributed by atoms with E-state index in [0.717, 1.165) is 18.7 Å². The van der Waals surface area contributed by atoms with Gasteiger partial charge >= 0.3 is 0 Å². The van der Waals surface area contributed by atoms with Crippen LogP contribution in [0.15, 0.2) is 35.0 Å². The Bertz CT molecular complexity index is 641. The lowest BCUT2D eigenvalue weighted by Crippen LogP contribution is -2.24. The predicted molar refractivity (Wildman–Crippen MR) is 84.7 cm³/mol. The second kappa shape index (κ2) is 6.13. The first-order chi connectivity index (χ1) is 10.1. The summed E-state index contributed by atoms with van der Waals surface area (Å²) in [5, 5.41) is 15.4. The highest BCUT2D eigenvalue weighted by molar-refractivity contribution is 7.07. The number of hydrogen-bond acceptors (Lipinski definition) is 4. The molecular weight excluding hydrogens is 308 g/mol. The minimum atomic E-state index is -0.424. The van der Waals surface area contributed by atoms with Gasteiger partial charge in [-0.3, -0.25) is 15.0 Å². The Hall–Kier alpha value is -1.43. The molecule has 2 aromatic rings. The van der Waals surface area contributed by atoms with Gasteiger partial charge in [-0.15, -0.1) is 0 Å². The third-order valence-corrected chi connectivity index (χ3v) is 4.67. The molecule has 1 heterocycles. The highest BCUT2D eigenvalue weighted by Crippen LogP contribution is 2.32. The van der Waals surface area contributed by atoms with Crippen molar-refractivity contribution in [3.05, 3.63) is 61.3 Å². The standard InChI is InChI=1S/C15H15ClN2O2S/c16-14-4-1-11(7-15(14)18(19)20)8-17(13-2-3-13)9-12-5-6-21-10-12/h1,4-7,10,13H,2-3,8-9H2. The molecule has 1 aromatic heterocycles. The van der Waals surface area contributed by atoms with Crippen molar-refractivity contribution in [3.63, 3.8) is 0 Å². The summed E-state index contributed by atoms with van der Waals surface area (Å²) in [6.07, 6.45) is 2.42. The van der Waals surface area contributed by atoms with Crippen LogP contribution in [-0.2, 0) is 13.1 Å². The maximum absolute atomic E-state index is 11.0. The van der Waals surface area contributed by atoms with Gasteiger partial charge in [0.15, 0.2) is 0 Å². The molecular formula is C15H15ClN2O2S. The smallest absolute Gasteiger partial charge is 0.288 e. The molecule has 6 heteroatoms. The fourth-order valence-corrected chi connectivity index (χ4v) is 3.25. The summed E-state index contributed by atoms with van der Waals surface area (Å²) in [4.78, 5) is 12.9. The third kappa shape index (κ3) is 3.61. The van der Waals surface area contributed by atoms with E-state index in [-0.39, 0.29) is 10.7 Å². The molecule has 0 radical (unpaired) electrons. The monoisotopic (exact) mass is 322 g/mol. The molecule has 0 aliphatic heterocycles. The fourth-order valence-electron chi connectivity index (χ4n) is 2.40. The van der Waals surface area contributed by atoms with Crippen LogP contribution in [0.2, 0.25) is 5.02 Å². The number of thiophene rings is 1. The van der Waals surface area contributed by atoms with Gasteiger partial charge in [0.1, 0.15) is 5.02 Å². The first-order valence-electron chi connectivity index (χ1n) is 6.81. The third-order valence-electron chi connectivity index (χ3n) is 3.62. The lowest BCUT2D eigenvalue weighted by atomic mass is 10.1. The maximum atomic E-state index is 11.0. The summed E-state index contributed by atoms with van der Waals surface area (Å²) in [7, 11) is 0. The van der Waals surface area contributed by atoms with Crippen molar-refractivity contribution in [2.24, 2.45) is 0 Å². The minimum Gasteiger partial charge on any atom is -0.292 e. The number of halogens is 1. The molecule has 0 saturated heterocycles. The van der Waals surface area contributed by atoms with Crippen molar-refractivity contribution >= 4 is 28.6 Å². The van der Waals surface area contributed by atoms with Crippen LogP contribution in [0.1, 0.15) is 24.0 Å². The molecule has 0 atom stereocenters. The molecule has 0 unspecified atom stereocenters. The van der Waals surface area contributed by atoms with Gasteiger partial charge in [0.2, 0.25) is 0 Å². The van der Waals surface area contributed by atoms with Crippen molar-refractivity contribution in [2.75, 3.05) is 0 Å². The Balaban J connectivity index is 1.76. The summed E-state index contributed by atoms with van der Waals surface area (Å²) in [6, 6.07) is 7.80. The van der Waals surface area contributed by atoms with Gasteiger partial charge in [-0.05, 0) is 46.9 Å². The quantitative estimate of drug-likeness (QED) is 0.582. The molecule has 0 spiro atoms. The second-order valence-corrected chi connectivity index (χ2v) is 6.50. The Morgan fingerprint density at radius 3 is 2.67 bits per heavy atom. The highest BCUT2D eigenvalue weighted by Gasteiger charge is 2.29. The topological polar surface area (TPSA) is 46.4 Å². The molecule has 110 valence electrons. The van der Waals surface area contributed by atoms with Gasteiger partial charge in [0.25, 0.3) is 5.69 Å². The van der Waals surface area contributed by atoms with Gasteiger partial charge in [-0.1, -0.05) is 17.7 Å². The Morgan fingerprint density at radius 1 is 1.29 bits per heavy atom. The van der Waals surface area contributed by atoms with E-state index in [0.29, 0.717) is 6.04 Å². The molecule has 3 rings (SSSR count). The molecule has 1 fully saturated rings. The molecule has 0 amide bonds. The van der Waals surface area contributed by atoms with Crippen LogP contribution >= 0.6 is 22.9 Å². The fraction of sp³-hybridized carbons (Fsp3) is 0.333. The molecule has 1 saturated carbocycles. The van der Waals surface area contributed by atoms with Crippen molar-refractivity contribution in [1.82, 2.24) is 4.90 Å². The molecule has 0 N–H and O–H groups in total. The van der Waals surface area contributed by atoms with Gasteiger partial charge in [-0.25, -0.2) is 0 Å². The van der Waals surface area contributed by atoms with Crippen LogP contribution in [0.25, 0.3) is 0 Å². The zero-order valence-corrected chi connectivity index (χ0v) is 12.9. The molecule has 0 bridgehead atoms. The second-order valence-electron chi connectivity index (χ2n) is 5.31. The maximum Gasteiger partial charge on any atom is 0.288 e. The number of rotatable bonds is 6. The molecule has 21 heavy (non-hydrogen) atoms. The van der Waals surface area contributed by atoms with Crippen LogP contribution in [0.5, 0.6) is 0 Å². The lowest BCUT2D eigenvalue weighted by molar-refractivity contribution is -0.384. The average molecular weight is 323 g/mol. The largest absolute Gasteiger partial charge is 0.292 e. The molecule has 1 aliphatic carbocycles. The van der Waals surface area contributed by atoms with E-state index in [9.17, 15) is 10.1 Å².